The Labute approximate surface area is 142 Å². The van der Waals surface area contributed by atoms with Gasteiger partial charge >= 0.3 is 0 Å². The average Bonchev–Trinajstić information content (AvgIpc) is 2.96. The number of nitrogens with zero attached hydrogens (tertiary/aromatic N) is 3. The van der Waals surface area contributed by atoms with Crippen molar-refractivity contribution in [2.75, 3.05) is 19.7 Å². The highest BCUT2D eigenvalue weighted by atomic mass is 35.5. The lowest BCUT2D eigenvalue weighted by molar-refractivity contribution is 0.0557. The van der Waals surface area contributed by atoms with E-state index in [2.05, 4.69) is 22.0 Å². The molecule has 0 aliphatic rings. The van der Waals surface area contributed by atoms with E-state index in [4.69, 9.17) is 20.8 Å². The Balaban J connectivity index is 1.99. The fourth-order valence-corrected chi connectivity index (χ4v) is 2.47. The third kappa shape index (κ3) is 5.61. The van der Waals surface area contributed by atoms with Crippen LogP contribution < -0.4 is 0 Å². The fraction of sp³-hybridized carbons (Fsp3) is 0.529. The Morgan fingerprint density at radius 3 is 2.70 bits per heavy atom. The standard InChI is InChI=1S/C17H24ClN3O2/c1-4-9-21(10-11-22-13(2)3)12-16-19-20-17(23-16)14-7-5-6-8-15(14)18/h5-8,13H,4,9-12H2,1-3H3. The van der Waals surface area contributed by atoms with Crippen molar-refractivity contribution in [3.8, 4) is 11.5 Å². The van der Waals surface area contributed by atoms with Gasteiger partial charge in [0.25, 0.3) is 0 Å². The highest BCUT2D eigenvalue weighted by Gasteiger charge is 2.14. The van der Waals surface area contributed by atoms with E-state index in [1.54, 1.807) is 0 Å². The van der Waals surface area contributed by atoms with E-state index in [-0.39, 0.29) is 6.10 Å². The first-order valence-corrected chi connectivity index (χ1v) is 8.39. The fourth-order valence-electron chi connectivity index (χ4n) is 2.26. The van der Waals surface area contributed by atoms with Crippen molar-refractivity contribution >= 4 is 11.6 Å². The number of benzene rings is 1. The van der Waals surface area contributed by atoms with Crippen LogP contribution in [0.1, 0.15) is 33.1 Å². The second-order valence-electron chi connectivity index (χ2n) is 5.68. The van der Waals surface area contributed by atoms with Crippen molar-refractivity contribution in [1.29, 1.82) is 0 Å². The van der Waals surface area contributed by atoms with E-state index in [1.165, 1.54) is 0 Å². The minimum absolute atomic E-state index is 0.244. The molecule has 2 rings (SSSR count). The molecule has 5 nitrogen and oxygen atoms in total. The summed E-state index contributed by atoms with van der Waals surface area (Å²) in [6.45, 7) is 9.35. The van der Waals surface area contributed by atoms with E-state index in [1.807, 2.05) is 38.1 Å². The Morgan fingerprint density at radius 1 is 1.22 bits per heavy atom. The lowest BCUT2D eigenvalue weighted by Gasteiger charge is -2.20. The summed E-state index contributed by atoms with van der Waals surface area (Å²) >= 11 is 6.17. The molecular formula is C17H24ClN3O2. The molecular weight excluding hydrogens is 314 g/mol. The molecule has 23 heavy (non-hydrogen) atoms. The molecule has 0 unspecified atom stereocenters. The summed E-state index contributed by atoms with van der Waals surface area (Å²) in [5.74, 6) is 1.05. The molecule has 0 radical (unpaired) electrons. The summed E-state index contributed by atoms with van der Waals surface area (Å²) in [6.07, 6.45) is 1.31. The summed E-state index contributed by atoms with van der Waals surface area (Å²) < 4.78 is 11.4. The average molecular weight is 338 g/mol. The van der Waals surface area contributed by atoms with Crippen LogP contribution in [0.25, 0.3) is 11.5 Å². The van der Waals surface area contributed by atoms with Crippen molar-refractivity contribution in [3.63, 3.8) is 0 Å². The van der Waals surface area contributed by atoms with Gasteiger partial charge in [-0.15, -0.1) is 10.2 Å². The topological polar surface area (TPSA) is 51.4 Å². The molecule has 0 saturated carbocycles. The summed E-state index contributed by atoms with van der Waals surface area (Å²) in [5, 5.41) is 8.86. The monoisotopic (exact) mass is 337 g/mol. The lowest BCUT2D eigenvalue weighted by atomic mass is 10.2. The zero-order chi connectivity index (χ0) is 16.7. The Bertz CT molecular complexity index is 601. The number of ether oxygens (including phenoxy) is 1. The SMILES string of the molecule is CCCN(CCOC(C)C)Cc1nnc(-c2ccccc2Cl)o1. The van der Waals surface area contributed by atoms with Gasteiger partial charge in [-0.3, -0.25) is 4.90 Å². The molecule has 6 heteroatoms. The van der Waals surface area contributed by atoms with Crippen LogP contribution in [0, 0.1) is 0 Å². The molecule has 0 atom stereocenters. The number of hydrogen-bond acceptors (Lipinski definition) is 5. The zero-order valence-electron chi connectivity index (χ0n) is 14.0. The van der Waals surface area contributed by atoms with Crippen molar-refractivity contribution in [3.05, 3.63) is 35.2 Å². The predicted molar refractivity (Wildman–Crippen MR) is 91.4 cm³/mol. The van der Waals surface area contributed by atoms with Crippen molar-refractivity contribution in [2.24, 2.45) is 0 Å². The molecule has 0 saturated heterocycles. The van der Waals surface area contributed by atoms with E-state index in [0.29, 0.717) is 30.0 Å². The van der Waals surface area contributed by atoms with Crippen LogP contribution in [0.5, 0.6) is 0 Å². The molecule has 0 amide bonds. The summed E-state index contributed by atoms with van der Waals surface area (Å²) in [5.41, 5.74) is 0.762. The van der Waals surface area contributed by atoms with Gasteiger partial charge in [0.2, 0.25) is 11.8 Å². The molecule has 0 N–H and O–H groups in total. The van der Waals surface area contributed by atoms with Crippen molar-refractivity contribution in [1.82, 2.24) is 15.1 Å². The molecule has 0 aliphatic carbocycles. The van der Waals surface area contributed by atoms with Crippen molar-refractivity contribution < 1.29 is 9.15 Å². The summed E-state index contributed by atoms with van der Waals surface area (Å²) in [7, 11) is 0. The molecule has 0 spiro atoms. The second-order valence-corrected chi connectivity index (χ2v) is 6.08. The minimum Gasteiger partial charge on any atom is -0.419 e. The van der Waals surface area contributed by atoms with Gasteiger partial charge in [-0.1, -0.05) is 30.7 Å². The van der Waals surface area contributed by atoms with E-state index >= 15 is 0 Å². The van der Waals surface area contributed by atoms with Gasteiger partial charge in [0.1, 0.15) is 0 Å². The van der Waals surface area contributed by atoms with E-state index in [9.17, 15) is 0 Å². The lowest BCUT2D eigenvalue weighted by Crippen LogP contribution is -2.29. The normalized spacial score (nSPS) is 11.6. The highest BCUT2D eigenvalue weighted by molar-refractivity contribution is 6.33. The molecule has 2 aromatic rings. The zero-order valence-corrected chi connectivity index (χ0v) is 14.7. The van der Waals surface area contributed by atoms with Crippen LogP contribution in [-0.4, -0.2) is 40.9 Å². The quantitative estimate of drug-likeness (QED) is 0.691. The molecule has 1 aromatic heterocycles. The number of halogens is 1. The Morgan fingerprint density at radius 2 is 2.00 bits per heavy atom. The first-order valence-electron chi connectivity index (χ1n) is 8.01. The molecule has 1 aromatic carbocycles. The summed E-state index contributed by atoms with van der Waals surface area (Å²) in [6, 6.07) is 7.46. The third-order valence-corrected chi connectivity index (χ3v) is 3.66. The van der Waals surface area contributed by atoms with Crippen LogP contribution in [0.4, 0.5) is 0 Å². The molecule has 126 valence electrons. The van der Waals surface area contributed by atoms with Gasteiger partial charge in [-0.05, 0) is 38.9 Å². The van der Waals surface area contributed by atoms with E-state index in [0.717, 1.165) is 25.1 Å². The highest BCUT2D eigenvalue weighted by Crippen LogP contribution is 2.26. The Kier molecular flexibility index (Phi) is 7.02. The molecule has 0 fully saturated rings. The predicted octanol–water partition coefficient (Wildman–Crippen LogP) is 4.03. The smallest absolute Gasteiger partial charge is 0.249 e. The van der Waals surface area contributed by atoms with Gasteiger partial charge in [0.05, 0.1) is 29.8 Å². The van der Waals surface area contributed by atoms with Crippen LogP contribution in [-0.2, 0) is 11.3 Å². The van der Waals surface area contributed by atoms with Crippen molar-refractivity contribution in [2.45, 2.75) is 39.8 Å². The third-order valence-electron chi connectivity index (χ3n) is 3.33. The first-order chi connectivity index (χ1) is 11.1. The molecule has 1 heterocycles. The van der Waals surface area contributed by atoms with Gasteiger partial charge in [0, 0.05) is 6.54 Å². The number of rotatable bonds is 9. The van der Waals surface area contributed by atoms with Gasteiger partial charge in [0.15, 0.2) is 0 Å². The van der Waals surface area contributed by atoms with Crippen LogP contribution in [0.2, 0.25) is 5.02 Å². The van der Waals surface area contributed by atoms with Crippen LogP contribution in [0.15, 0.2) is 28.7 Å². The number of aromatic nitrogens is 2. The Hall–Kier alpha value is -1.43. The van der Waals surface area contributed by atoms with Gasteiger partial charge < -0.3 is 9.15 Å². The molecule has 0 aliphatic heterocycles. The molecule has 0 bridgehead atoms. The maximum atomic E-state index is 6.17. The van der Waals surface area contributed by atoms with Gasteiger partial charge in [-0.25, -0.2) is 0 Å². The van der Waals surface area contributed by atoms with E-state index < -0.39 is 0 Å². The van der Waals surface area contributed by atoms with Crippen LogP contribution in [0.3, 0.4) is 0 Å². The summed E-state index contributed by atoms with van der Waals surface area (Å²) in [4.78, 5) is 2.26. The first kappa shape index (κ1) is 17.9. The maximum absolute atomic E-state index is 6.17. The van der Waals surface area contributed by atoms with Crippen LogP contribution >= 0.6 is 11.6 Å². The maximum Gasteiger partial charge on any atom is 0.249 e. The second kappa shape index (κ2) is 9.01. The number of hydrogen-bond donors (Lipinski definition) is 0. The minimum atomic E-state index is 0.244. The largest absolute Gasteiger partial charge is 0.419 e. The van der Waals surface area contributed by atoms with Gasteiger partial charge in [-0.2, -0.15) is 0 Å².